The number of hydrogen-bond donors (Lipinski definition) is 0. The normalized spacial score (nSPS) is 12.2. The highest BCUT2D eigenvalue weighted by Gasteiger charge is 2.21. The Morgan fingerprint density at radius 1 is 1.03 bits per heavy atom. The van der Waals surface area contributed by atoms with Crippen molar-refractivity contribution in [2.45, 2.75) is 13.1 Å². The van der Waals surface area contributed by atoms with Crippen LogP contribution in [0.5, 0.6) is 11.5 Å². The van der Waals surface area contributed by atoms with Gasteiger partial charge >= 0.3 is 0 Å². The van der Waals surface area contributed by atoms with E-state index in [0.29, 0.717) is 23.0 Å². The first-order valence-electron chi connectivity index (χ1n) is 9.58. The van der Waals surface area contributed by atoms with E-state index < -0.39 is 5.82 Å². The van der Waals surface area contributed by atoms with Gasteiger partial charge in [-0.1, -0.05) is 23.4 Å². The van der Waals surface area contributed by atoms with E-state index in [-0.39, 0.29) is 31.4 Å². The monoisotopic (exact) mass is 436 g/mol. The van der Waals surface area contributed by atoms with E-state index in [9.17, 15) is 9.18 Å². The summed E-state index contributed by atoms with van der Waals surface area (Å²) in [6, 6.07) is 16.9. The molecule has 156 valence electrons. The summed E-state index contributed by atoms with van der Waals surface area (Å²) in [5.41, 5.74) is 1.73. The number of hydrogen-bond acceptors (Lipinski definition) is 6. The first-order chi connectivity index (χ1) is 15.2. The lowest BCUT2D eigenvalue weighted by Gasteiger charge is -2.22. The topological polar surface area (TPSA) is 64.8 Å². The van der Waals surface area contributed by atoms with Crippen LogP contribution in [-0.4, -0.2) is 22.8 Å². The average molecular weight is 436 g/mol. The van der Waals surface area contributed by atoms with E-state index in [1.807, 2.05) is 41.8 Å². The number of carbonyl (C=O) groups excluding carboxylic acids is 1. The number of amides is 1. The molecule has 8 heteroatoms. The predicted octanol–water partition coefficient (Wildman–Crippen LogP) is 5.11. The third-order valence-corrected chi connectivity index (χ3v) is 5.73. The minimum atomic E-state index is -0.463. The minimum Gasteiger partial charge on any atom is -0.454 e. The average Bonchev–Trinajstić information content (AvgIpc) is 3.53. The molecule has 0 N–H and O–H groups in total. The molecule has 1 aliphatic rings. The maximum absolute atomic E-state index is 13.7. The van der Waals surface area contributed by atoms with Crippen molar-refractivity contribution < 1.29 is 23.2 Å². The largest absolute Gasteiger partial charge is 0.454 e. The van der Waals surface area contributed by atoms with Crippen molar-refractivity contribution in [1.82, 2.24) is 10.1 Å². The summed E-state index contributed by atoms with van der Waals surface area (Å²) < 4.78 is 30.0. The fourth-order valence-corrected chi connectivity index (χ4v) is 4.05. The molecule has 1 amide bonds. The van der Waals surface area contributed by atoms with Gasteiger partial charge in [0.25, 0.3) is 5.91 Å². The van der Waals surface area contributed by atoms with Crippen molar-refractivity contribution in [1.29, 1.82) is 0 Å². The van der Waals surface area contributed by atoms with Gasteiger partial charge in [-0.25, -0.2) is 4.39 Å². The number of nitrogens with zero attached hydrogens (tertiary/aromatic N) is 2. The Morgan fingerprint density at radius 3 is 2.77 bits per heavy atom. The van der Waals surface area contributed by atoms with Crippen LogP contribution in [0, 0.1) is 5.82 Å². The molecule has 0 aliphatic carbocycles. The molecule has 31 heavy (non-hydrogen) atoms. The number of fused-ring (bicyclic) bond motifs is 1. The summed E-state index contributed by atoms with van der Waals surface area (Å²) in [6.45, 7) is 0.668. The van der Waals surface area contributed by atoms with E-state index >= 15 is 0 Å². The van der Waals surface area contributed by atoms with E-state index in [0.717, 1.165) is 10.4 Å². The lowest BCUT2D eigenvalue weighted by atomic mass is 10.1. The highest BCUT2D eigenvalue weighted by Crippen LogP contribution is 2.33. The van der Waals surface area contributed by atoms with Crippen LogP contribution >= 0.6 is 11.3 Å². The van der Waals surface area contributed by atoms with Crippen LogP contribution in [0.3, 0.4) is 0 Å². The number of benzene rings is 2. The molecule has 3 heterocycles. The Morgan fingerprint density at radius 2 is 1.94 bits per heavy atom. The van der Waals surface area contributed by atoms with Gasteiger partial charge in [-0.3, -0.25) is 4.79 Å². The highest BCUT2D eigenvalue weighted by molar-refractivity contribution is 7.13. The van der Waals surface area contributed by atoms with Gasteiger partial charge in [0.15, 0.2) is 17.3 Å². The summed E-state index contributed by atoms with van der Waals surface area (Å²) in [7, 11) is 0. The molecule has 6 nitrogen and oxygen atoms in total. The van der Waals surface area contributed by atoms with Crippen LogP contribution in [0.2, 0.25) is 0 Å². The van der Waals surface area contributed by atoms with Crippen molar-refractivity contribution in [3.05, 3.63) is 88.7 Å². The molecule has 0 bridgehead atoms. The molecular formula is C23H17FN2O4S. The second-order valence-electron chi connectivity index (χ2n) is 7.02. The maximum Gasteiger partial charge on any atom is 0.254 e. The molecule has 5 rings (SSSR count). The SMILES string of the molecule is O=C(c1cccc(F)c1)N(Cc1ccc2c(c1)OCO2)Cc1cc(-c2cccs2)on1. The molecule has 4 aromatic rings. The van der Waals surface area contributed by atoms with Gasteiger partial charge in [0, 0.05) is 18.2 Å². The molecule has 0 spiro atoms. The second-order valence-corrected chi connectivity index (χ2v) is 7.97. The summed E-state index contributed by atoms with van der Waals surface area (Å²) in [5.74, 6) is 1.18. The molecule has 1 aliphatic heterocycles. The van der Waals surface area contributed by atoms with Gasteiger partial charge in [-0.05, 0) is 47.3 Å². The smallest absolute Gasteiger partial charge is 0.254 e. The lowest BCUT2D eigenvalue weighted by molar-refractivity contribution is 0.0725. The zero-order valence-electron chi connectivity index (χ0n) is 16.3. The Labute approximate surface area is 181 Å². The molecule has 0 radical (unpaired) electrons. The quantitative estimate of drug-likeness (QED) is 0.420. The van der Waals surface area contributed by atoms with Crippen molar-refractivity contribution in [2.75, 3.05) is 6.79 Å². The van der Waals surface area contributed by atoms with Crippen LogP contribution in [0.25, 0.3) is 10.6 Å². The van der Waals surface area contributed by atoms with Crippen LogP contribution in [0.1, 0.15) is 21.6 Å². The van der Waals surface area contributed by atoms with Gasteiger partial charge < -0.3 is 18.9 Å². The fraction of sp³-hybridized carbons (Fsp3) is 0.130. The summed E-state index contributed by atoms with van der Waals surface area (Å²) in [4.78, 5) is 15.8. The summed E-state index contributed by atoms with van der Waals surface area (Å²) in [5, 5.41) is 6.08. The van der Waals surface area contributed by atoms with Crippen molar-refractivity contribution >= 4 is 17.2 Å². The third-order valence-electron chi connectivity index (χ3n) is 4.85. The van der Waals surface area contributed by atoms with Gasteiger partial charge in [-0.15, -0.1) is 11.3 Å². The number of ether oxygens (including phenoxy) is 2. The molecule has 0 saturated heterocycles. The van der Waals surface area contributed by atoms with E-state index in [2.05, 4.69) is 5.16 Å². The summed E-state index contributed by atoms with van der Waals surface area (Å²) >= 11 is 1.55. The van der Waals surface area contributed by atoms with E-state index in [1.54, 1.807) is 22.3 Å². The molecule has 2 aromatic heterocycles. The first-order valence-corrected chi connectivity index (χ1v) is 10.5. The molecule has 2 aromatic carbocycles. The fourth-order valence-electron chi connectivity index (χ4n) is 3.38. The van der Waals surface area contributed by atoms with Crippen molar-refractivity contribution in [3.63, 3.8) is 0 Å². The predicted molar refractivity (Wildman–Crippen MR) is 112 cm³/mol. The third kappa shape index (κ3) is 4.15. The number of halogens is 1. The zero-order valence-corrected chi connectivity index (χ0v) is 17.1. The second kappa shape index (κ2) is 8.23. The zero-order chi connectivity index (χ0) is 21.2. The Bertz CT molecular complexity index is 1220. The van der Waals surface area contributed by atoms with Crippen molar-refractivity contribution in [2.24, 2.45) is 0 Å². The van der Waals surface area contributed by atoms with Gasteiger partial charge in [0.1, 0.15) is 11.5 Å². The van der Waals surface area contributed by atoms with E-state index in [1.165, 1.54) is 18.2 Å². The van der Waals surface area contributed by atoms with Crippen LogP contribution in [-0.2, 0) is 13.1 Å². The number of carbonyl (C=O) groups is 1. The van der Waals surface area contributed by atoms with Gasteiger partial charge in [0.2, 0.25) is 6.79 Å². The number of aromatic nitrogens is 1. The first kappa shape index (κ1) is 19.3. The molecule has 0 unspecified atom stereocenters. The molecular weight excluding hydrogens is 419 g/mol. The standard InChI is InChI=1S/C23H17FN2O4S/c24-17-4-1-3-16(10-17)23(27)26(12-15-6-7-19-20(9-15)29-14-28-19)13-18-11-21(30-25-18)22-5-2-8-31-22/h1-11H,12-14H2. The van der Waals surface area contributed by atoms with E-state index in [4.69, 9.17) is 14.0 Å². The maximum atomic E-state index is 13.7. The highest BCUT2D eigenvalue weighted by atomic mass is 32.1. The molecule has 0 fully saturated rings. The number of rotatable bonds is 6. The van der Waals surface area contributed by atoms with Crippen molar-refractivity contribution in [3.8, 4) is 22.1 Å². The Balaban J connectivity index is 1.43. The Kier molecular flexibility index (Phi) is 5.13. The minimum absolute atomic E-state index is 0.176. The summed E-state index contributed by atoms with van der Waals surface area (Å²) in [6.07, 6.45) is 0. The van der Waals surface area contributed by atoms with Crippen LogP contribution in [0.15, 0.2) is 70.6 Å². The number of thiophene rings is 1. The molecule has 0 saturated carbocycles. The van der Waals surface area contributed by atoms with Gasteiger partial charge in [-0.2, -0.15) is 0 Å². The van der Waals surface area contributed by atoms with Gasteiger partial charge in [0.05, 0.1) is 11.4 Å². The lowest BCUT2D eigenvalue weighted by Crippen LogP contribution is -2.30. The van der Waals surface area contributed by atoms with Crippen LogP contribution in [0.4, 0.5) is 4.39 Å². The molecule has 0 atom stereocenters. The van der Waals surface area contributed by atoms with Crippen LogP contribution < -0.4 is 9.47 Å². The Hall–Kier alpha value is -3.65.